The van der Waals surface area contributed by atoms with Gasteiger partial charge in [-0.05, 0) is 30.3 Å². The first kappa shape index (κ1) is 10.4. The highest BCUT2D eigenvalue weighted by Gasteiger charge is 2.02. The summed E-state index contributed by atoms with van der Waals surface area (Å²) in [5.74, 6) is 0. The average molecular weight is 212 g/mol. The zero-order chi connectivity index (χ0) is 11.4. The van der Waals surface area contributed by atoms with Gasteiger partial charge in [-0.1, -0.05) is 6.07 Å². The minimum Gasteiger partial charge on any atom is -0.351 e. The van der Waals surface area contributed by atoms with E-state index in [4.69, 9.17) is 0 Å². The molecule has 3 nitrogen and oxygen atoms in total. The van der Waals surface area contributed by atoms with Crippen molar-refractivity contribution in [3.05, 3.63) is 54.1 Å². The van der Waals surface area contributed by atoms with Crippen molar-refractivity contribution >= 4 is 17.9 Å². The Bertz CT molecular complexity index is 512. The number of nitrogens with zero attached hydrogens (tertiary/aromatic N) is 2. The number of aryl methyl sites for hydroxylation is 1. The molecule has 0 saturated heterocycles. The molecule has 0 fully saturated rings. The lowest BCUT2D eigenvalue weighted by molar-refractivity contribution is -0.103. The summed E-state index contributed by atoms with van der Waals surface area (Å²) in [6.07, 6.45) is 6.27. The number of carbonyl (C=O) groups is 1. The van der Waals surface area contributed by atoms with Crippen LogP contribution in [0.2, 0.25) is 0 Å². The van der Waals surface area contributed by atoms with Crippen LogP contribution in [0.25, 0.3) is 11.6 Å². The Labute approximate surface area is 94.1 Å². The van der Waals surface area contributed by atoms with Crippen LogP contribution in [0.4, 0.5) is 0 Å². The number of hydrogen-bond acceptors (Lipinski definition) is 2. The van der Waals surface area contributed by atoms with Crippen molar-refractivity contribution in [2.75, 3.05) is 0 Å². The van der Waals surface area contributed by atoms with Gasteiger partial charge in [0.1, 0.15) is 0 Å². The van der Waals surface area contributed by atoms with Gasteiger partial charge in [0.25, 0.3) is 0 Å². The Morgan fingerprint density at radius 3 is 2.75 bits per heavy atom. The van der Waals surface area contributed by atoms with Gasteiger partial charge in [0.05, 0.1) is 5.69 Å². The summed E-state index contributed by atoms with van der Waals surface area (Å²) in [4.78, 5) is 15.2. The van der Waals surface area contributed by atoms with Gasteiger partial charge in [-0.25, -0.2) is 0 Å². The van der Waals surface area contributed by atoms with E-state index in [1.165, 1.54) is 0 Å². The van der Waals surface area contributed by atoms with E-state index in [2.05, 4.69) is 4.98 Å². The van der Waals surface area contributed by atoms with E-state index in [1.807, 2.05) is 54.2 Å². The molecule has 0 amide bonds. The summed E-state index contributed by atoms with van der Waals surface area (Å²) in [7, 11) is 1.94. The summed E-state index contributed by atoms with van der Waals surface area (Å²) in [5.41, 5.74) is 2.26. The second-order valence-corrected chi connectivity index (χ2v) is 3.48. The van der Waals surface area contributed by atoms with Crippen LogP contribution >= 0.6 is 0 Å². The van der Waals surface area contributed by atoms with Crippen molar-refractivity contribution in [3.8, 4) is 0 Å². The van der Waals surface area contributed by atoms with Crippen LogP contribution in [0, 0.1) is 0 Å². The summed E-state index contributed by atoms with van der Waals surface area (Å²) in [5, 5.41) is 0. The lowest BCUT2D eigenvalue weighted by Crippen LogP contribution is -1.92. The van der Waals surface area contributed by atoms with Gasteiger partial charge < -0.3 is 4.57 Å². The molecule has 0 saturated carbocycles. The third kappa shape index (κ3) is 2.08. The van der Waals surface area contributed by atoms with E-state index in [-0.39, 0.29) is 0 Å². The van der Waals surface area contributed by atoms with Gasteiger partial charge in [0, 0.05) is 30.7 Å². The number of carbonyl (C=O) groups excluding carboxylic acids is 1. The quantitative estimate of drug-likeness (QED) is 0.577. The van der Waals surface area contributed by atoms with E-state index < -0.39 is 0 Å². The average Bonchev–Trinajstić information content (AvgIpc) is 2.73. The Kier molecular flexibility index (Phi) is 2.96. The summed E-state index contributed by atoms with van der Waals surface area (Å²) in [6.45, 7) is 0. The third-order valence-corrected chi connectivity index (χ3v) is 2.37. The van der Waals surface area contributed by atoms with Crippen LogP contribution < -0.4 is 0 Å². The number of rotatable bonds is 3. The summed E-state index contributed by atoms with van der Waals surface area (Å²) in [6, 6.07) is 9.40. The molecule has 0 aliphatic carbocycles. The van der Waals surface area contributed by atoms with E-state index in [0.717, 1.165) is 12.0 Å². The van der Waals surface area contributed by atoms with Gasteiger partial charge in [-0.2, -0.15) is 0 Å². The van der Waals surface area contributed by atoms with Crippen LogP contribution in [0.5, 0.6) is 0 Å². The number of aldehydes is 1. The highest BCUT2D eigenvalue weighted by molar-refractivity contribution is 6.12. The largest absolute Gasteiger partial charge is 0.351 e. The predicted molar refractivity (Wildman–Crippen MR) is 63.6 cm³/mol. The monoisotopic (exact) mass is 212 g/mol. The van der Waals surface area contributed by atoms with Gasteiger partial charge in [-0.15, -0.1) is 0 Å². The topological polar surface area (TPSA) is 34.9 Å². The van der Waals surface area contributed by atoms with Crippen LogP contribution in [0.1, 0.15) is 11.4 Å². The van der Waals surface area contributed by atoms with E-state index in [1.54, 1.807) is 6.20 Å². The Morgan fingerprint density at radius 2 is 2.19 bits per heavy atom. The highest BCUT2D eigenvalue weighted by atomic mass is 16.1. The lowest BCUT2D eigenvalue weighted by atomic mass is 10.1. The molecule has 80 valence electrons. The van der Waals surface area contributed by atoms with Gasteiger partial charge in [0.2, 0.25) is 0 Å². The second kappa shape index (κ2) is 4.57. The summed E-state index contributed by atoms with van der Waals surface area (Å²) >= 11 is 0. The van der Waals surface area contributed by atoms with Crippen molar-refractivity contribution in [1.29, 1.82) is 0 Å². The van der Waals surface area contributed by atoms with Crippen molar-refractivity contribution < 1.29 is 4.79 Å². The fraction of sp³-hybridized carbons (Fsp3) is 0.0769. The molecular formula is C13H12N2O. The maximum absolute atomic E-state index is 11.0. The Morgan fingerprint density at radius 1 is 1.31 bits per heavy atom. The molecule has 0 spiro atoms. The lowest BCUT2D eigenvalue weighted by Gasteiger charge is -2.00. The van der Waals surface area contributed by atoms with Crippen LogP contribution in [0.3, 0.4) is 0 Å². The number of pyridine rings is 1. The van der Waals surface area contributed by atoms with Gasteiger partial charge in [0.15, 0.2) is 6.29 Å². The molecule has 0 aromatic carbocycles. The zero-order valence-corrected chi connectivity index (χ0v) is 9.00. The van der Waals surface area contributed by atoms with E-state index in [0.29, 0.717) is 11.3 Å². The van der Waals surface area contributed by atoms with Crippen molar-refractivity contribution in [3.63, 3.8) is 0 Å². The van der Waals surface area contributed by atoms with Crippen molar-refractivity contribution in [2.45, 2.75) is 0 Å². The molecule has 2 rings (SSSR count). The molecule has 2 heterocycles. The third-order valence-electron chi connectivity index (χ3n) is 2.37. The summed E-state index contributed by atoms with van der Waals surface area (Å²) < 4.78 is 1.95. The maximum atomic E-state index is 11.0. The smallest absolute Gasteiger partial charge is 0.152 e. The molecule has 2 aromatic rings. The molecular weight excluding hydrogens is 200 g/mol. The predicted octanol–water partition coefficient (Wildman–Crippen LogP) is 2.16. The van der Waals surface area contributed by atoms with Gasteiger partial charge in [-0.3, -0.25) is 9.78 Å². The fourth-order valence-electron chi connectivity index (χ4n) is 1.49. The molecule has 0 N–H and O–H groups in total. The SMILES string of the molecule is Cn1cccc1/C=C(\C=O)c1ccccn1. The Balaban J connectivity index is 2.41. The molecule has 0 radical (unpaired) electrons. The first-order chi connectivity index (χ1) is 7.81. The maximum Gasteiger partial charge on any atom is 0.152 e. The number of aromatic nitrogens is 2. The zero-order valence-electron chi connectivity index (χ0n) is 9.00. The number of hydrogen-bond donors (Lipinski definition) is 0. The molecule has 16 heavy (non-hydrogen) atoms. The Hall–Kier alpha value is -2.16. The van der Waals surface area contributed by atoms with Crippen LogP contribution in [0.15, 0.2) is 42.7 Å². The highest BCUT2D eigenvalue weighted by Crippen LogP contribution is 2.13. The molecule has 0 aliphatic heterocycles. The van der Waals surface area contributed by atoms with Crippen molar-refractivity contribution in [1.82, 2.24) is 9.55 Å². The second-order valence-electron chi connectivity index (χ2n) is 3.48. The molecule has 0 unspecified atom stereocenters. The van der Waals surface area contributed by atoms with Crippen LogP contribution in [-0.4, -0.2) is 15.8 Å². The molecule has 2 aromatic heterocycles. The minimum absolute atomic E-state index is 0.586. The van der Waals surface area contributed by atoms with Crippen LogP contribution in [-0.2, 0) is 11.8 Å². The standard InChI is InChI=1S/C13H12N2O/c1-15-8-4-5-12(15)9-11(10-16)13-6-2-3-7-14-13/h2-10H,1H3/b11-9+. The minimum atomic E-state index is 0.586. The normalized spacial score (nSPS) is 11.4. The molecule has 0 aliphatic rings. The molecule has 0 atom stereocenters. The first-order valence-corrected chi connectivity index (χ1v) is 5.01. The molecule has 3 heteroatoms. The van der Waals surface area contributed by atoms with Gasteiger partial charge >= 0.3 is 0 Å². The number of allylic oxidation sites excluding steroid dienone is 1. The first-order valence-electron chi connectivity index (χ1n) is 5.01. The van der Waals surface area contributed by atoms with Crippen molar-refractivity contribution in [2.24, 2.45) is 7.05 Å². The fourth-order valence-corrected chi connectivity index (χ4v) is 1.49. The van der Waals surface area contributed by atoms with E-state index >= 15 is 0 Å². The molecule has 0 bridgehead atoms. The van der Waals surface area contributed by atoms with E-state index in [9.17, 15) is 4.79 Å².